The van der Waals surface area contributed by atoms with Gasteiger partial charge in [0.05, 0.1) is 27.1 Å². The van der Waals surface area contributed by atoms with Gasteiger partial charge in [0.25, 0.3) is 11.1 Å². The highest BCUT2D eigenvalue weighted by molar-refractivity contribution is 7.71. The van der Waals surface area contributed by atoms with Crippen LogP contribution in [0.25, 0.3) is 0 Å². The number of carboxylic acids is 1. The largest absolute Gasteiger partial charge is 0.494 e. The molecular formula is C21H20Cl2N4O7S2. The van der Waals surface area contributed by atoms with Crippen molar-refractivity contribution in [1.82, 2.24) is 18.3 Å². The summed E-state index contributed by atoms with van der Waals surface area (Å²) in [5.41, 5.74) is -1.98. The van der Waals surface area contributed by atoms with Crippen LogP contribution in [-0.2, 0) is 33.0 Å². The van der Waals surface area contributed by atoms with Crippen LogP contribution in [0.3, 0.4) is 0 Å². The van der Waals surface area contributed by atoms with Gasteiger partial charge in [-0.25, -0.2) is 4.79 Å². The first-order chi connectivity index (χ1) is 16.7. The number of aromatic hydroxyl groups is 2. The van der Waals surface area contributed by atoms with Crippen molar-refractivity contribution in [2.45, 2.75) is 5.92 Å². The quantitative estimate of drug-likeness (QED) is 0.379. The summed E-state index contributed by atoms with van der Waals surface area (Å²) < 4.78 is 9.65. The van der Waals surface area contributed by atoms with Gasteiger partial charge < -0.3 is 20.1 Å². The van der Waals surface area contributed by atoms with Crippen molar-refractivity contribution in [3.8, 4) is 17.5 Å². The van der Waals surface area contributed by atoms with Crippen molar-refractivity contribution >= 4 is 53.6 Å². The van der Waals surface area contributed by atoms with Crippen molar-refractivity contribution in [3.05, 3.63) is 69.1 Å². The molecule has 0 radical (unpaired) electrons. The molecule has 3 aromatic rings. The summed E-state index contributed by atoms with van der Waals surface area (Å²) in [5, 5.41) is 30.6. The fraction of sp³-hybridized carbons (Fsp3) is 0.286. The maximum atomic E-state index is 13.4. The van der Waals surface area contributed by atoms with Crippen LogP contribution in [0, 0.1) is 9.54 Å². The Kier molecular flexibility index (Phi) is 7.69. The Labute approximate surface area is 223 Å². The molecule has 0 spiro atoms. The Morgan fingerprint density at radius 3 is 1.64 bits per heavy atom. The highest BCUT2D eigenvalue weighted by atomic mass is 35.5. The van der Waals surface area contributed by atoms with Gasteiger partial charge in [-0.1, -0.05) is 23.2 Å². The third-order valence-electron chi connectivity index (χ3n) is 5.61. The topological polar surface area (TPSA) is 141 Å². The van der Waals surface area contributed by atoms with Crippen LogP contribution in [-0.4, -0.2) is 46.2 Å². The summed E-state index contributed by atoms with van der Waals surface area (Å²) in [4.78, 5) is 37.7. The summed E-state index contributed by atoms with van der Waals surface area (Å²) in [6.07, 6.45) is 0. The molecule has 0 atom stereocenters. The maximum absolute atomic E-state index is 13.4. The van der Waals surface area contributed by atoms with Crippen LogP contribution in [0.4, 0.5) is 0 Å². The van der Waals surface area contributed by atoms with E-state index >= 15 is 0 Å². The van der Waals surface area contributed by atoms with Crippen LogP contribution in [0.5, 0.6) is 17.5 Å². The van der Waals surface area contributed by atoms with Crippen LogP contribution in [0.2, 0.25) is 10.0 Å². The molecule has 3 rings (SSSR count). The molecule has 0 aliphatic rings. The van der Waals surface area contributed by atoms with Gasteiger partial charge in [-0.15, -0.1) is 0 Å². The zero-order chi connectivity index (χ0) is 27.2. The molecule has 2 heterocycles. The Morgan fingerprint density at radius 1 is 0.889 bits per heavy atom. The third kappa shape index (κ3) is 4.54. The van der Waals surface area contributed by atoms with Gasteiger partial charge >= 0.3 is 5.97 Å². The van der Waals surface area contributed by atoms with E-state index in [1.807, 2.05) is 0 Å². The number of hydrogen-bond acceptors (Lipinski definition) is 8. The highest BCUT2D eigenvalue weighted by Crippen LogP contribution is 2.42. The first kappa shape index (κ1) is 27.5. The van der Waals surface area contributed by atoms with E-state index in [0.717, 1.165) is 18.3 Å². The van der Waals surface area contributed by atoms with Gasteiger partial charge in [0, 0.05) is 28.2 Å². The molecule has 0 unspecified atom stereocenters. The monoisotopic (exact) mass is 574 g/mol. The number of halogens is 2. The molecule has 0 saturated heterocycles. The van der Waals surface area contributed by atoms with Crippen molar-refractivity contribution < 1.29 is 24.9 Å². The maximum Gasteiger partial charge on any atom is 0.341 e. The Balaban J connectivity index is 2.51. The van der Waals surface area contributed by atoms with Gasteiger partial charge in [0.2, 0.25) is 11.8 Å². The molecule has 192 valence electrons. The number of aromatic nitrogens is 4. The molecule has 0 bridgehead atoms. The second kappa shape index (κ2) is 10.1. The average Bonchev–Trinajstić information content (AvgIpc) is 2.82. The van der Waals surface area contributed by atoms with E-state index in [4.69, 9.17) is 57.5 Å². The van der Waals surface area contributed by atoms with Gasteiger partial charge in [0.15, 0.2) is 21.9 Å². The van der Waals surface area contributed by atoms with E-state index in [0.29, 0.717) is 0 Å². The van der Waals surface area contributed by atoms with E-state index in [9.17, 15) is 24.6 Å². The zero-order valence-electron chi connectivity index (χ0n) is 19.3. The summed E-state index contributed by atoms with van der Waals surface area (Å²) >= 11 is 23.1. The molecule has 0 amide bonds. The average molecular weight is 575 g/mol. The fourth-order valence-corrected chi connectivity index (χ4v) is 4.67. The first-order valence-corrected chi connectivity index (χ1v) is 11.6. The molecular weight excluding hydrogens is 555 g/mol. The smallest absolute Gasteiger partial charge is 0.341 e. The predicted octanol–water partition coefficient (Wildman–Crippen LogP) is 2.58. The minimum atomic E-state index is -1.41. The zero-order valence-corrected chi connectivity index (χ0v) is 22.4. The molecule has 0 aliphatic heterocycles. The lowest BCUT2D eigenvalue weighted by molar-refractivity contribution is -0.139. The van der Waals surface area contributed by atoms with Crippen molar-refractivity contribution in [3.63, 3.8) is 0 Å². The molecule has 11 nitrogen and oxygen atoms in total. The Morgan fingerprint density at radius 2 is 1.28 bits per heavy atom. The van der Waals surface area contributed by atoms with E-state index in [2.05, 4.69) is 0 Å². The van der Waals surface area contributed by atoms with Gasteiger partial charge in [0.1, 0.15) is 0 Å². The molecule has 1 aromatic carbocycles. The lowest BCUT2D eigenvalue weighted by Gasteiger charge is -2.24. The minimum Gasteiger partial charge on any atom is -0.494 e. The number of carbonyl (C=O) groups is 1. The first-order valence-electron chi connectivity index (χ1n) is 10.0. The van der Waals surface area contributed by atoms with E-state index in [-0.39, 0.29) is 42.0 Å². The summed E-state index contributed by atoms with van der Waals surface area (Å²) in [5.74, 6) is -3.93. The number of rotatable bonds is 6. The number of benzene rings is 1. The fourth-order valence-electron chi connectivity index (χ4n) is 3.72. The van der Waals surface area contributed by atoms with Crippen molar-refractivity contribution in [1.29, 1.82) is 0 Å². The highest BCUT2D eigenvalue weighted by Gasteiger charge is 2.33. The van der Waals surface area contributed by atoms with Crippen LogP contribution < -0.4 is 15.9 Å². The van der Waals surface area contributed by atoms with E-state index in [1.54, 1.807) is 0 Å². The molecule has 3 N–H and O–H groups in total. The number of ether oxygens (including phenoxy) is 1. The van der Waals surface area contributed by atoms with E-state index < -0.39 is 41.4 Å². The molecule has 0 fully saturated rings. The van der Waals surface area contributed by atoms with Crippen LogP contribution >= 0.6 is 47.6 Å². The van der Waals surface area contributed by atoms with Crippen molar-refractivity contribution in [2.75, 3.05) is 6.61 Å². The third-order valence-corrected chi connectivity index (χ3v) is 7.26. The summed E-state index contributed by atoms with van der Waals surface area (Å²) in [7, 11) is 5.62. The molecule has 15 heteroatoms. The lowest BCUT2D eigenvalue weighted by Crippen LogP contribution is -2.33. The Bertz CT molecular complexity index is 1550. The standard InChI is InChI=1S/C21H20Cl2N4O7S2/c1-24-16(30)13(17(31)25(2)20(24)35)12(14-18(32)26(3)21(36)27(4)19(14)33)8-5-9(22)15(10(23)6-8)34-7-11(28)29/h5-6,12,30,32H,7H2,1-4H3,(H,28,29). The molecule has 36 heavy (non-hydrogen) atoms. The molecule has 2 aromatic heterocycles. The normalized spacial score (nSPS) is 11.2. The predicted molar refractivity (Wildman–Crippen MR) is 137 cm³/mol. The van der Waals surface area contributed by atoms with Crippen molar-refractivity contribution in [2.24, 2.45) is 28.2 Å². The number of aliphatic carboxylic acids is 1. The lowest BCUT2D eigenvalue weighted by atomic mass is 9.86. The van der Waals surface area contributed by atoms with Crippen LogP contribution in [0.1, 0.15) is 22.6 Å². The SMILES string of the molecule is Cn1c(O)c(C(c2cc(Cl)c(OCC(=O)O)c(Cl)c2)c2c(O)n(C)c(=S)n(C)c2=O)c(=O)n(C)c1=S. The van der Waals surface area contributed by atoms with Crippen LogP contribution in [0.15, 0.2) is 21.7 Å². The van der Waals surface area contributed by atoms with E-state index in [1.165, 1.54) is 40.3 Å². The van der Waals surface area contributed by atoms with Gasteiger partial charge in [-0.2, -0.15) is 0 Å². The van der Waals surface area contributed by atoms with Gasteiger partial charge in [-0.05, 0) is 42.1 Å². The molecule has 0 aliphatic carbocycles. The second-order valence-corrected chi connectivity index (χ2v) is 9.36. The second-order valence-electron chi connectivity index (χ2n) is 7.82. The molecule has 0 saturated carbocycles. The summed E-state index contributed by atoms with van der Waals surface area (Å²) in [6, 6.07) is 2.58. The number of hydrogen-bond donors (Lipinski definition) is 3. The minimum absolute atomic E-state index is 0.00271. The number of nitrogens with zero attached hydrogens (tertiary/aromatic N) is 4. The summed E-state index contributed by atoms with van der Waals surface area (Å²) in [6.45, 7) is -0.725. The van der Waals surface area contributed by atoms with Gasteiger partial charge in [-0.3, -0.25) is 27.9 Å². The Hall–Kier alpha value is -3.13. The number of carboxylic acid groups (broad SMARTS) is 1.